The van der Waals surface area contributed by atoms with E-state index in [0.717, 1.165) is 19.5 Å². The lowest BCUT2D eigenvalue weighted by Gasteiger charge is -2.43. The van der Waals surface area contributed by atoms with Gasteiger partial charge >= 0.3 is 0 Å². The molecule has 17 heavy (non-hydrogen) atoms. The van der Waals surface area contributed by atoms with Gasteiger partial charge in [0.1, 0.15) is 0 Å². The monoisotopic (exact) mass is 240 g/mol. The molecule has 3 nitrogen and oxygen atoms in total. The van der Waals surface area contributed by atoms with Gasteiger partial charge in [-0.25, -0.2) is 0 Å². The van der Waals surface area contributed by atoms with Crippen molar-refractivity contribution in [3.63, 3.8) is 0 Å². The van der Waals surface area contributed by atoms with Gasteiger partial charge in [-0.3, -0.25) is 4.90 Å². The van der Waals surface area contributed by atoms with Crippen LogP contribution in [0.15, 0.2) is 0 Å². The molecule has 100 valence electrons. The van der Waals surface area contributed by atoms with E-state index in [9.17, 15) is 5.11 Å². The first-order valence-corrected chi connectivity index (χ1v) is 7.31. The number of hydrogen-bond acceptors (Lipinski definition) is 3. The van der Waals surface area contributed by atoms with Gasteiger partial charge in [-0.2, -0.15) is 0 Å². The number of aliphatic hydroxyl groups excluding tert-OH is 1. The Hall–Kier alpha value is -0.120. The molecule has 2 aliphatic rings. The summed E-state index contributed by atoms with van der Waals surface area (Å²) < 4.78 is 0. The maximum Gasteiger partial charge on any atom is 0.0601 e. The fourth-order valence-corrected chi connectivity index (χ4v) is 3.75. The maximum absolute atomic E-state index is 9.51. The van der Waals surface area contributed by atoms with Gasteiger partial charge in [0.25, 0.3) is 0 Å². The fraction of sp³-hybridized carbons (Fsp3) is 1.00. The van der Waals surface area contributed by atoms with Crippen LogP contribution < -0.4 is 5.73 Å². The smallest absolute Gasteiger partial charge is 0.0601 e. The Kier molecular flexibility index (Phi) is 4.45. The minimum atomic E-state index is 0.123. The quantitative estimate of drug-likeness (QED) is 0.787. The molecule has 0 radical (unpaired) electrons. The molecule has 1 saturated carbocycles. The number of nitrogens with two attached hydrogens (primary N) is 1. The third kappa shape index (κ3) is 2.83. The normalized spacial score (nSPS) is 28.4. The summed E-state index contributed by atoms with van der Waals surface area (Å²) >= 11 is 0. The predicted octanol–water partition coefficient (Wildman–Crippen LogP) is 1.74. The van der Waals surface area contributed by atoms with Crippen LogP contribution >= 0.6 is 0 Å². The summed E-state index contributed by atoms with van der Waals surface area (Å²) in [7, 11) is 0. The van der Waals surface area contributed by atoms with Crippen molar-refractivity contribution in [3.8, 4) is 0 Å². The first-order chi connectivity index (χ1) is 8.21. The van der Waals surface area contributed by atoms with Crippen LogP contribution in [0.5, 0.6) is 0 Å². The van der Waals surface area contributed by atoms with E-state index in [1.54, 1.807) is 0 Å². The SMILES string of the molecule is CCC(N)C(CO)N1CCC2(CCCC2)CC1. The molecule has 3 heteroatoms. The number of nitrogens with zero attached hydrogens (tertiary/aromatic N) is 1. The Labute approximate surface area is 105 Å². The summed E-state index contributed by atoms with van der Waals surface area (Å²) in [6.07, 6.45) is 9.32. The Balaban J connectivity index is 1.88. The average Bonchev–Trinajstić information content (AvgIpc) is 2.81. The lowest BCUT2D eigenvalue weighted by molar-refractivity contribution is 0.0391. The van der Waals surface area contributed by atoms with E-state index in [1.165, 1.54) is 38.5 Å². The average molecular weight is 240 g/mol. The molecule has 1 aliphatic carbocycles. The van der Waals surface area contributed by atoms with Crippen molar-refractivity contribution < 1.29 is 5.11 Å². The lowest BCUT2D eigenvalue weighted by Crippen LogP contribution is -2.53. The highest BCUT2D eigenvalue weighted by Gasteiger charge is 2.38. The zero-order valence-corrected chi connectivity index (χ0v) is 11.2. The summed E-state index contributed by atoms with van der Waals surface area (Å²) in [6, 6.07) is 0.302. The minimum Gasteiger partial charge on any atom is -0.395 e. The highest BCUT2D eigenvalue weighted by molar-refractivity contribution is 4.92. The molecule has 0 aromatic carbocycles. The molecule has 2 atom stereocenters. The summed E-state index contributed by atoms with van der Waals surface area (Å²) in [4.78, 5) is 2.43. The van der Waals surface area contributed by atoms with Crippen molar-refractivity contribution in [1.29, 1.82) is 0 Å². The van der Waals surface area contributed by atoms with Gasteiger partial charge in [-0.1, -0.05) is 19.8 Å². The molecule has 1 saturated heterocycles. The van der Waals surface area contributed by atoms with E-state index in [1.807, 2.05) is 0 Å². The maximum atomic E-state index is 9.51. The number of hydrogen-bond donors (Lipinski definition) is 2. The molecule has 1 spiro atoms. The van der Waals surface area contributed by atoms with Crippen LogP contribution in [0.4, 0.5) is 0 Å². The van der Waals surface area contributed by atoms with E-state index in [2.05, 4.69) is 11.8 Å². The Morgan fingerprint density at radius 1 is 1.18 bits per heavy atom. The highest BCUT2D eigenvalue weighted by Crippen LogP contribution is 2.46. The van der Waals surface area contributed by atoms with Crippen LogP contribution in [0.2, 0.25) is 0 Å². The summed E-state index contributed by atoms with van der Waals surface area (Å²) in [5, 5.41) is 9.51. The largest absolute Gasteiger partial charge is 0.395 e. The van der Waals surface area contributed by atoms with Crippen molar-refractivity contribution in [3.05, 3.63) is 0 Å². The summed E-state index contributed by atoms with van der Waals surface area (Å²) in [5.41, 5.74) is 6.76. The third-order valence-corrected chi connectivity index (χ3v) is 5.14. The van der Waals surface area contributed by atoms with Crippen LogP contribution in [-0.2, 0) is 0 Å². The summed E-state index contributed by atoms with van der Waals surface area (Å²) in [5.74, 6) is 0. The van der Waals surface area contributed by atoms with Gasteiger partial charge in [0.15, 0.2) is 0 Å². The van der Waals surface area contributed by atoms with E-state index in [-0.39, 0.29) is 18.7 Å². The standard InChI is InChI=1S/C14H28N2O/c1-2-12(15)13(11-17)16-9-7-14(8-10-16)5-3-4-6-14/h12-13,17H,2-11,15H2,1H3. The molecule has 3 N–H and O–H groups in total. The first-order valence-electron chi connectivity index (χ1n) is 7.31. The van der Waals surface area contributed by atoms with Crippen molar-refractivity contribution in [2.75, 3.05) is 19.7 Å². The van der Waals surface area contributed by atoms with Crippen LogP contribution in [0.25, 0.3) is 0 Å². The number of piperidine rings is 1. The molecular weight excluding hydrogens is 212 g/mol. The molecule has 1 heterocycles. The second-order valence-electron chi connectivity index (χ2n) is 6.07. The van der Waals surface area contributed by atoms with Crippen molar-refractivity contribution in [2.24, 2.45) is 11.1 Å². The molecule has 2 rings (SSSR count). The van der Waals surface area contributed by atoms with Crippen LogP contribution in [0.3, 0.4) is 0 Å². The first kappa shape index (κ1) is 13.3. The minimum absolute atomic E-state index is 0.123. The third-order valence-electron chi connectivity index (χ3n) is 5.14. The Morgan fingerprint density at radius 3 is 2.24 bits per heavy atom. The molecule has 2 unspecified atom stereocenters. The second kappa shape index (κ2) is 5.68. The summed E-state index contributed by atoms with van der Waals surface area (Å²) in [6.45, 7) is 4.59. The van der Waals surface area contributed by atoms with Crippen molar-refractivity contribution >= 4 is 0 Å². The van der Waals surface area contributed by atoms with Gasteiger partial charge < -0.3 is 10.8 Å². The number of rotatable bonds is 4. The van der Waals surface area contributed by atoms with Gasteiger partial charge in [-0.15, -0.1) is 0 Å². The Bertz CT molecular complexity index is 228. The number of aliphatic hydroxyl groups is 1. The highest BCUT2D eigenvalue weighted by atomic mass is 16.3. The van der Waals surface area contributed by atoms with E-state index >= 15 is 0 Å². The van der Waals surface area contributed by atoms with Crippen molar-refractivity contribution in [2.45, 2.75) is 64.0 Å². The zero-order valence-electron chi connectivity index (χ0n) is 11.2. The molecule has 2 fully saturated rings. The zero-order chi connectivity index (χ0) is 12.3. The van der Waals surface area contributed by atoms with E-state index < -0.39 is 0 Å². The van der Waals surface area contributed by atoms with Gasteiger partial charge in [0, 0.05) is 12.1 Å². The molecule has 1 aliphatic heterocycles. The fourth-order valence-electron chi connectivity index (χ4n) is 3.75. The van der Waals surface area contributed by atoms with Gasteiger partial charge in [0.2, 0.25) is 0 Å². The van der Waals surface area contributed by atoms with E-state index in [4.69, 9.17) is 5.73 Å². The van der Waals surface area contributed by atoms with Crippen LogP contribution in [0, 0.1) is 5.41 Å². The topological polar surface area (TPSA) is 49.5 Å². The second-order valence-corrected chi connectivity index (χ2v) is 6.07. The van der Waals surface area contributed by atoms with Crippen LogP contribution in [0.1, 0.15) is 51.9 Å². The number of likely N-dealkylation sites (tertiary alicyclic amines) is 1. The van der Waals surface area contributed by atoms with Gasteiger partial charge in [0.05, 0.1) is 6.61 Å². The molecular formula is C14H28N2O. The van der Waals surface area contributed by atoms with E-state index in [0.29, 0.717) is 5.41 Å². The van der Waals surface area contributed by atoms with Gasteiger partial charge in [-0.05, 0) is 50.6 Å². The van der Waals surface area contributed by atoms with Crippen LogP contribution in [-0.4, -0.2) is 41.8 Å². The molecule has 0 bridgehead atoms. The lowest BCUT2D eigenvalue weighted by atomic mass is 9.76. The molecule has 0 aromatic heterocycles. The predicted molar refractivity (Wildman–Crippen MR) is 70.8 cm³/mol. The van der Waals surface area contributed by atoms with Crippen molar-refractivity contribution in [1.82, 2.24) is 4.90 Å². The molecule has 0 amide bonds. The molecule has 0 aromatic rings. The Morgan fingerprint density at radius 2 is 1.76 bits per heavy atom.